The van der Waals surface area contributed by atoms with E-state index in [0.717, 1.165) is 11.4 Å². The molecule has 0 spiro atoms. The van der Waals surface area contributed by atoms with E-state index < -0.39 is 0 Å². The lowest BCUT2D eigenvalue weighted by atomic mass is 10.3. The van der Waals surface area contributed by atoms with Crippen LogP contribution < -0.4 is 5.32 Å². The number of fused-ring (bicyclic) bond motifs is 1. The van der Waals surface area contributed by atoms with E-state index in [9.17, 15) is 4.79 Å². The van der Waals surface area contributed by atoms with Gasteiger partial charge in [0.1, 0.15) is 6.42 Å². The average molecular weight is 190 g/mol. The number of para-hydroxylation sites is 2. The molecule has 0 fully saturated rings. The van der Waals surface area contributed by atoms with Gasteiger partial charge in [0.25, 0.3) is 0 Å². The Bertz CT molecular complexity index is 399. The number of aliphatic imine (C=N–C) groups is 1. The monoisotopic (exact) mass is 190 g/mol. The molecule has 4 heteroatoms. The summed E-state index contributed by atoms with van der Waals surface area (Å²) < 4.78 is 4.99. The molecule has 72 valence electrons. The van der Waals surface area contributed by atoms with Gasteiger partial charge in [-0.1, -0.05) is 12.1 Å². The summed E-state index contributed by atoms with van der Waals surface area (Å²) in [5.74, 6) is 0.336. The van der Waals surface area contributed by atoms with Gasteiger partial charge in [0.2, 0.25) is 5.91 Å². The van der Waals surface area contributed by atoms with Crippen LogP contribution in [0.15, 0.2) is 29.3 Å². The summed E-state index contributed by atoms with van der Waals surface area (Å²) in [6.07, 6.45) is 0.186. The molecular weight excluding hydrogens is 180 g/mol. The van der Waals surface area contributed by atoms with Crippen molar-refractivity contribution in [2.24, 2.45) is 4.99 Å². The molecule has 0 atom stereocenters. The summed E-state index contributed by atoms with van der Waals surface area (Å²) in [6, 6.07) is 7.37. The van der Waals surface area contributed by atoms with Crippen LogP contribution in [0.1, 0.15) is 6.42 Å². The Labute approximate surface area is 81.6 Å². The molecule has 0 saturated carbocycles. The van der Waals surface area contributed by atoms with Crippen molar-refractivity contribution in [1.29, 1.82) is 0 Å². The largest absolute Gasteiger partial charge is 0.484 e. The zero-order valence-electron chi connectivity index (χ0n) is 7.78. The number of benzene rings is 1. The standard InChI is InChI=1S/C10H10N2O2/c1-14-10-6-9(13)11-7-4-2-3-5-8(7)12-10/h2-5H,6H2,1H3,(H,11,13). The van der Waals surface area contributed by atoms with Crippen LogP contribution in [0.4, 0.5) is 11.4 Å². The van der Waals surface area contributed by atoms with Gasteiger partial charge in [-0.2, -0.15) is 0 Å². The molecule has 2 rings (SSSR count). The molecule has 1 aliphatic heterocycles. The highest BCUT2D eigenvalue weighted by Crippen LogP contribution is 2.26. The van der Waals surface area contributed by atoms with Crippen LogP contribution in [0.2, 0.25) is 0 Å². The molecule has 0 bridgehead atoms. The van der Waals surface area contributed by atoms with Gasteiger partial charge in [-0.3, -0.25) is 4.79 Å². The average Bonchev–Trinajstić information content (AvgIpc) is 2.35. The third kappa shape index (κ3) is 1.59. The maximum Gasteiger partial charge on any atom is 0.233 e. The van der Waals surface area contributed by atoms with E-state index in [-0.39, 0.29) is 12.3 Å². The Balaban J connectivity index is 2.47. The number of carbonyl (C=O) groups is 1. The maximum atomic E-state index is 11.3. The van der Waals surface area contributed by atoms with E-state index in [4.69, 9.17) is 4.74 Å². The van der Waals surface area contributed by atoms with Crippen LogP contribution in [-0.2, 0) is 9.53 Å². The minimum absolute atomic E-state index is 0.101. The van der Waals surface area contributed by atoms with Gasteiger partial charge in [0, 0.05) is 0 Å². The van der Waals surface area contributed by atoms with Crippen molar-refractivity contribution in [3.63, 3.8) is 0 Å². The number of hydrogen-bond acceptors (Lipinski definition) is 3. The number of anilines is 1. The number of amides is 1. The Hall–Kier alpha value is -1.84. The Morgan fingerprint density at radius 3 is 3.00 bits per heavy atom. The van der Waals surface area contributed by atoms with Crippen molar-refractivity contribution >= 4 is 23.2 Å². The molecule has 1 N–H and O–H groups in total. The third-order valence-corrected chi connectivity index (χ3v) is 1.97. The molecule has 4 nitrogen and oxygen atoms in total. The van der Waals surface area contributed by atoms with Crippen molar-refractivity contribution < 1.29 is 9.53 Å². The first kappa shape index (κ1) is 8.74. The van der Waals surface area contributed by atoms with Crippen LogP contribution in [-0.4, -0.2) is 18.9 Å². The summed E-state index contributed by atoms with van der Waals surface area (Å²) in [7, 11) is 1.51. The normalized spacial score (nSPS) is 14.9. The minimum atomic E-state index is -0.101. The number of ether oxygens (including phenoxy) is 1. The summed E-state index contributed by atoms with van der Waals surface area (Å²) in [4.78, 5) is 15.6. The van der Waals surface area contributed by atoms with Gasteiger partial charge in [0.05, 0.1) is 18.5 Å². The van der Waals surface area contributed by atoms with Crippen molar-refractivity contribution in [3.8, 4) is 0 Å². The van der Waals surface area contributed by atoms with E-state index in [0.29, 0.717) is 5.90 Å². The lowest BCUT2D eigenvalue weighted by Crippen LogP contribution is -2.14. The molecule has 0 aromatic heterocycles. The second-order valence-electron chi connectivity index (χ2n) is 2.95. The van der Waals surface area contributed by atoms with Crippen LogP contribution in [0.3, 0.4) is 0 Å². The van der Waals surface area contributed by atoms with E-state index in [1.54, 1.807) is 0 Å². The van der Waals surface area contributed by atoms with Gasteiger partial charge in [0.15, 0.2) is 5.90 Å². The highest BCUT2D eigenvalue weighted by molar-refractivity contribution is 6.07. The number of nitrogens with one attached hydrogen (secondary N) is 1. The first-order valence-corrected chi connectivity index (χ1v) is 4.30. The van der Waals surface area contributed by atoms with E-state index in [1.165, 1.54) is 7.11 Å². The molecule has 1 heterocycles. The van der Waals surface area contributed by atoms with Crippen LogP contribution in [0.5, 0.6) is 0 Å². The van der Waals surface area contributed by atoms with Crippen LogP contribution in [0.25, 0.3) is 0 Å². The van der Waals surface area contributed by atoms with Crippen LogP contribution >= 0.6 is 0 Å². The third-order valence-electron chi connectivity index (χ3n) is 1.97. The summed E-state index contributed by atoms with van der Waals surface area (Å²) in [5.41, 5.74) is 1.46. The molecule has 1 aromatic carbocycles. The Morgan fingerprint density at radius 1 is 1.43 bits per heavy atom. The summed E-state index contributed by atoms with van der Waals surface area (Å²) in [6.45, 7) is 0. The number of methoxy groups -OCH3 is 1. The molecule has 0 unspecified atom stereocenters. The number of hydrogen-bond donors (Lipinski definition) is 1. The molecule has 0 saturated heterocycles. The first-order valence-electron chi connectivity index (χ1n) is 4.30. The molecule has 1 amide bonds. The van der Waals surface area contributed by atoms with Crippen LogP contribution in [0, 0.1) is 0 Å². The molecule has 1 aliphatic rings. The predicted molar refractivity (Wildman–Crippen MR) is 53.8 cm³/mol. The number of nitrogens with zero attached hydrogens (tertiary/aromatic N) is 1. The quantitative estimate of drug-likeness (QED) is 0.677. The Kier molecular flexibility index (Phi) is 2.18. The topological polar surface area (TPSA) is 50.7 Å². The fourth-order valence-corrected chi connectivity index (χ4v) is 1.30. The van der Waals surface area contributed by atoms with Crippen molar-refractivity contribution in [3.05, 3.63) is 24.3 Å². The Morgan fingerprint density at radius 2 is 2.21 bits per heavy atom. The van der Waals surface area contributed by atoms with Gasteiger partial charge >= 0.3 is 0 Å². The molecular formula is C10H10N2O2. The SMILES string of the molecule is COC1=Nc2ccccc2NC(=O)C1. The summed E-state index contributed by atoms with van der Waals surface area (Å²) in [5, 5.41) is 2.75. The zero-order valence-corrected chi connectivity index (χ0v) is 7.78. The van der Waals surface area contributed by atoms with Crippen molar-refractivity contribution in [2.75, 3.05) is 12.4 Å². The summed E-state index contributed by atoms with van der Waals surface area (Å²) >= 11 is 0. The number of carbonyl (C=O) groups excluding carboxylic acids is 1. The second kappa shape index (κ2) is 3.49. The zero-order chi connectivity index (χ0) is 9.97. The lowest BCUT2D eigenvalue weighted by molar-refractivity contribution is -0.115. The van der Waals surface area contributed by atoms with Gasteiger partial charge in [-0.25, -0.2) is 4.99 Å². The first-order chi connectivity index (χ1) is 6.79. The molecule has 14 heavy (non-hydrogen) atoms. The molecule has 1 aromatic rings. The maximum absolute atomic E-state index is 11.3. The molecule has 0 aliphatic carbocycles. The minimum Gasteiger partial charge on any atom is -0.484 e. The molecule has 0 radical (unpaired) electrons. The second-order valence-corrected chi connectivity index (χ2v) is 2.95. The fraction of sp³-hybridized carbons (Fsp3) is 0.200. The van der Waals surface area contributed by atoms with Crippen molar-refractivity contribution in [2.45, 2.75) is 6.42 Å². The van der Waals surface area contributed by atoms with E-state index in [1.807, 2.05) is 24.3 Å². The number of rotatable bonds is 0. The lowest BCUT2D eigenvalue weighted by Gasteiger charge is -2.01. The van der Waals surface area contributed by atoms with E-state index in [2.05, 4.69) is 10.3 Å². The highest BCUT2D eigenvalue weighted by atomic mass is 16.5. The van der Waals surface area contributed by atoms with Gasteiger partial charge in [-0.15, -0.1) is 0 Å². The van der Waals surface area contributed by atoms with Crippen molar-refractivity contribution in [1.82, 2.24) is 0 Å². The van der Waals surface area contributed by atoms with E-state index >= 15 is 0 Å². The predicted octanol–water partition coefficient (Wildman–Crippen LogP) is 1.71. The fourth-order valence-electron chi connectivity index (χ4n) is 1.30. The smallest absolute Gasteiger partial charge is 0.233 e. The van der Waals surface area contributed by atoms with Gasteiger partial charge < -0.3 is 10.1 Å². The van der Waals surface area contributed by atoms with Gasteiger partial charge in [-0.05, 0) is 12.1 Å². The highest BCUT2D eigenvalue weighted by Gasteiger charge is 2.15.